The van der Waals surface area contributed by atoms with Gasteiger partial charge in [-0.3, -0.25) is 14.4 Å². The molecule has 3 saturated heterocycles. The number of thioether (sulfide) groups is 1. The molecule has 3 fully saturated rings. The third-order valence-electron chi connectivity index (χ3n) is 7.58. The van der Waals surface area contributed by atoms with Gasteiger partial charge in [0.05, 0.1) is 23.2 Å². The summed E-state index contributed by atoms with van der Waals surface area (Å²) in [6, 6.07) is -0.613. The Kier molecular flexibility index (Phi) is 8.90. The predicted molar refractivity (Wildman–Crippen MR) is 134 cm³/mol. The fraction of sp³-hybridized carbons (Fsp3) is 0.731. The second-order valence-corrected chi connectivity index (χ2v) is 11.8. The molecule has 3 heterocycles. The zero-order valence-corrected chi connectivity index (χ0v) is 21.5. The normalized spacial score (nSPS) is 31.4. The van der Waals surface area contributed by atoms with Gasteiger partial charge in [-0.15, -0.1) is 24.9 Å². The molecule has 0 aromatic heterocycles. The van der Waals surface area contributed by atoms with Gasteiger partial charge in [0.1, 0.15) is 6.04 Å². The van der Waals surface area contributed by atoms with Gasteiger partial charge in [0.15, 0.2) is 0 Å². The van der Waals surface area contributed by atoms with Gasteiger partial charge in [-0.05, 0) is 45.4 Å². The minimum Gasteiger partial charge on any atom is -0.465 e. The van der Waals surface area contributed by atoms with Crippen molar-refractivity contribution in [3.8, 4) is 0 Å². The molecule has 7 nitrogen and oxygen atoms in total. The van der Waals surface area contributed by atoms with Gasteiger partial charge in [-0.1, -0.05) is 25.5 Å². The summed E-state index contributed by atoms with van der Waals surface area (Å²) in [7, 11) is 0. The van der Waals surface area contributed by atoms with Crippen LogP contribution in [-0.2, 0) is 19.1 Å². The maximum atomic E-state index is 14.0. The zero-order chi connectivity index (χ0) is 24.9. The molecule has 2 bridgehead atoms. The van der Waals surface area contributed by atoms with Crippen LogP contribution in [0.15, 0.2) is 25.3 Å². The van der Waals surface area contributed by atoms with Crippen molar-refractivity contribution in [3.05, 3.63) is 25.3 Å². The van der Waals surface area contributed by atoms with Crippen molar-refractivity contribution in [1.82, 2.24) is 9.80 Å². The number of nitrogens with zero attached hydrogens (tertiary/aromatic N) is 2. The van der Waals surface area contributed by atoms with Gasteiger partial charge in [0, 0.05) is 31.0 Å². The predicted octanol–water partition coefficient (Wildman–Crippen LogP) is 3.17. The van der Waals surface area contributed by atoms with E-state index >= 15 is 0 Å². The molecule has 190 valence electrons. The third kappa shape index (κ3) is 4.68. The molecule has 2 unspecified atom stereocenters. The number of carbonyl (C=O) groups is 3. The average Bonchev–Trinajstić information content (AvgIpc) is 3.37. The molecule has 0 radical (unpaired) electrons. The van der Waals surface area contributed by atoms with Crippen molar-refractivity contribution < 1.29 is 24.2 Å². The van der Waals surface area contributed by atoms with E-state index < -0.39 is 27.4 Å². The first-order chi connectivity index (χ1) is 16.3. The largest absolute Gasteiger partial charge is 0.465 e. The molecular weight excluding hydrogens is 452 g/mol. The molecule has 3 aliphatic heterocycles. The summed E-state index contributed by atoms with van der Waals surface area (Å²) in [6.07, 6.45) is 8.51. The molecule has 34 heavy (non-hydrogen) atoms. The second-order valence-electron chi connectivity index (χ2n) is 9.86. The van der Waals surface area contributed by atoms with Crippen molar-refractivity contribution >= 4 is 29.5 Å². The van der Waals surface area contributed by atoms with Gasteiger partial charge in [-0.2, -0.15) is 0 Å². The number of hydrogen-bond acceptors (Lipinski definition) is 6. The van der Waals surface area contributed by atoms with E-state index in [0.717, 1.165) is 25.7 Å². The molecule has 0 saturated carbocycles. The SMILES string of the molecule is C=CCCOC(=O)[C@H]1[C@H]2C(=O)N(CCCCO)C(C(=O)N(CC=C)CCCC)C23CC[C@]1(C)S3. The second kappa shape index (κ2) is 11.3. The Labute approximate surface area is 208 Å². The number of amides is 2. The lowest BCUT2D eigenvalue weighted by Gasteiger charge is -2.37. The highest BCUT2D eigenvalue weighted by Crippen LogP contribution is 2.71. The van der Waals surface area contributed by atoms with Crippen molar-refractivity contribution in [2.75, 3.05) is 32.8 Å². The Bertz CT molecular complexity index is 804. The van der Waals surface area contributed by atoms with Gasteiger partial charge >= 0.3 is 5.97 Å². The molecule has 5 atom stereocenters. The third-order valence-corrected chi connectivity index (χ3v) is 9.57. The van der Waals surface area contributed by atoms with E-state index in [2.05, 4.69) is 20.1 Å². The van der Waals surface area contributed by atoms with Gasteiger partial charge in [0.25, 0.3) is 0 Å². The summed E-state index contributed by atoms with van der Waals surface area (Å²) in [5.41, 5.74) is 0. The number of fused-ring (bicyclic) bond motifs is 1. The number of carbonyl (C=O) groups excluding carboxylic acids is 3. The summed E-state index contributed by atoms with van der Waals surface area (Å²) in [4.78, 5) is 44.7. The molecule has 0 aliphatic carbocycles. The molecule has 0 aromatic rings. The fourth-order valence-electron chi connectivity index (χ4n) is 6.00. The van der Waals surface area contributed by atoms with Crippen molar-refractivity contribution in [2.45, 2.75) is 74.3 Å². The fourth-order valence-corrected chi connectivity index (χ4v) is 8.34. The van der Waals surface area contributed by atoms with Crippen molar-refractivity contribution in [3.63, 3.8) is 0 Å². The standard InChI is InChI=1S/C26H40N2O5S/c1-5-8-15-27(14-7-3)23(31)21-26-13-12-25(4,34-26)20(24(32)33-18-9-6-2)19(26)22(30)28(21)16-10-11-17-29/h6-7,19-21,29H,2-3,5,8-18H2,1,4H3/t19-,20+,21?,25-,26?/m0/s1. The highest BCUT2D eigenvalue weighted by molar-refractivity contribution is 8.02. The van der Waals surface area contributed by atoms with Crippen LogP contribution in [0.25, 0.3) is 0 Å². The van der Waals surface area contributed by atoms with Crippen LogP contribution in [0.5, 0.6) is 0 Å². The van der Waals surface area contributed by atoms with E-state index in [1.807, 2.05) is 11.8 Å². The average molecular weight is 493 g/mol. The maximum Gasteiger partial charge on any atom is 0.311 e. The molecule has 1 N–H and O–H groups in total. The number of aliphatic hydroxyl groups excluding tert-OH is 1. The van der Waals surface area contributed by atoms with Crippen LogP contribution >= 0.6 is 11.8 Å². The molecular formula is C26H40N2O5S. The topological polar surface area (TPSA) is 87.1 Å². The molecule has 0 aromatic carbocycles. The molecule has 3 rings (SSSR count). The summed E-state index contributed by atoms with van der Waals surface area (Å²) in [5, 5.41) is 9.29. The maximum absolute atomic E-state index is 14.0. The Morgan fingerprint density at radius 2 is 2.03 bits per heavy atom. The van der Waals surface area contributed by atoms with E-state index in [0.29, 0.717) is 38.9 Å². The van der Waals surface area contributed by atoms with Crippen molar-refractivity contribution in [2.24, 2.45) is 11.8 Å². The number of ether oxygens (including phenoxy) is 1. The number of rotatable bonds is 14. The number of hydrogen-bond donors (Lipinski definition) is 1. The highest BCUT2D eigenvalue weighted by Gasteiger charge is 2.77. The lowest BCUT2D eigenvalue weighted by molar-refractivity contribution is -0.155. The Morgan fingerprint density at radius 3 is 2.68 bits per heavy atom. The minimum absolute atomic E-state index is 0.0411. The molecule has 1 spiro atoms. The monoisotopic (exact) mass is 492 g/mol. The number of esters is 1. The summed E-state index contributed by atoms with van der Waals surface area (Å²) < 4.78 is 4.52. The Hall–Kier alpha value is -1.80. The van der Waals surface area contributed by atoms with Crippen LogP contribution in [0, 0.1) is 11.8 Å². The van der Waals surface area contributed by atoms with E-state index in [9.17, 15) is 19.5 Å². The quantitative estimate of drug-likeness (QED) is 0.228. The van der Waals surface area contributed by atoms with Crippen LogP contribution in [0.4, 0.5) is 0 Å². The van der Waals surface area contributed by atoms with Crippen LogP contribution in [0.1, 0.15) is 58.8 Å². The highest BCUT2D eigenvalue weighted by atomic mass is 32.2. The molecule has 8 heteroatoms. The van der Waals surface area contributed by atoms with E-state index in [1.165, 1.54) is 0 Å². The first-order valence-corrected chi connectivity index (χ1v) is 13.4. The number of aliphatic hydroxyl groups is 1. The van der Waals surface area contributed by atoms with Gasteiger partial charge in [0.2, 0.25) is 11.8 Å². The van der Waals surface area contributed by atoms with E-state index in [1.54, 1.807) is 28.8 Å². The first kappa shape index (κ1) is 26.8. The first-order valence-electron chi connectivity index (χ1n) is 12.6. The molecule has 2 amide bonds. The van der Waals surface area contributed by atoms with Crippen LogP contribution < -0.4 is 0 Å². The van der Waals surface area contributed by atoms with Crippen LogP contribution in [0.3, 0.4) is 0 Å². The number of likely N-dealkylation sites (tertiary alicyclic amines) is 1. The zero-order valence-electron chi connectivity index (χ0n) is 20.7. The van der Waals surface area contributed by atoms with Crippen LogP contribution in [0.2, 0.25) is 0 Å². The van der Waals surface area contributed by atoms with Crippen molar-refractivity contribution in [1.29, 1.82) is 0 Å². The summed E-state index contributed by atoms with van der Waals surface area (Å²) in [5.74, 6) is -1.64. The Balaban J connectivity index is 1.97. The summed E-state index contributed by atoms with van der Waals surface area (Å²) >= 11 is 1.66. The lowest BCUT2D eigenvalue weighted by atomic mass is 9.66. The minimum atomic E-state index is -0.629. The number of unbranched alkanes of at least 4 members (excludes halogenated alkanes) is 2. The van der Waals surface area contributed by atoms with Gasteiger partial charge < -0.3 is 19.6 Å². The van der Waals surface area contributed by atoms with E-state index in [4.69, 9.17) is 4.74 Å². The lowest BCUT2D eigenvalue weighted by Crippen LogP contribution is -2.55. The van der Waals surface area contributed by atoms with Gasteiger partial charge in [-0.25, -0.2) is 0 Å². The smallest absolute Gasteiger partial charge is 0.311 e. The summed E-state index contributed by atoms with van der Waals surface area (Å²) in [6.45, 7) is 13.4. The van der Waals surface area contributed by atoms with Crippen LogP contribution in [-0.4, -0.2) is 81.1 Å². The van der Waals surface area contributed by atoms with E-state index in [-0.39, 0.29) is 31.0 Å². The Morgan fingerprint density at radius 1 is 1.26 bits per heavy atom. The molecule has 3 aliphatic rings.